The van der Waals surface area contributed by atoms with Crippen molar-refractivity contribution >= 4 is 40.5 Å². The van der Waals surface area contributed by atoms with E-state index in [1.165, 1.54) is 11.6 Å². The fourth-order valence-corrected chi connectivity index (χ4v) is 4.98. The first kappa shape index (κ1) is 19.0. The molecule has 0 bridgehead atoms. The molecule has 2 heterocycles. The van der Waals surface area contributed by atoms with Crippen LogP contribution in [0.4, 0.5) is 5.82 Å². The van der Waals surface area contributed by atoms with Crippen LogP contribution in [-0.4, -0.2) is 20.6 Å². The molecule has 6 nitrogen and oxygen atoms in total. The summed E-state index contributed by atoms with van der Waals surface area (Å²) in [6.07, 6.45) is 0. The van der Waals surface area contributed by atoms with Crippen LogP contribution in [-0.2, 0) is 14.1 Å². The lowest BCUT2D eigenvalue weighted by Gasteiger charge is -2.30. The Morgan fingerprint density at radius 1 is 0.900 bits per heavy atom. The lowest BCUT2D eigenvalue weighted by molar-refractivity contribution is 0.0953. The molecule has 2 aliphatic rings. The molecule has 1 aliphatic carbocycles. The van der Waals surface area contributed by atoms with Gasteiger partial charge in [-0.25, -0.2) is 9.79 Å². The van der Waals surface area contributed by atoms with Gasteiger partial charge in [0.2, 0.25) is 0 Å². The number of nitrogens with zero attached hydrogens (tertiary/aromatic N) is 3. The second-order valence-corrected chi connectivity index (χ2v) is 8.31. The third-order valence-corrected chi connectivity index (χ3v) is 6.44. The van der Waals surface area contributed by atoms with E-state index in [-0.39, 0.29) is 17.2 Å². The number of carbonyl (C=O) groups excluding carboxylic acids is 1. The van der Waals surface area contributed by atoms with Crippen LogP contribution in [0, 0.1) is 5.92 Å². The number of ketones is 1. The zero-order valence-electron chi connectivity index (χ0n) is 16.0. The highest BCUT2D eigenvalue weighted by Gasteiger charge is 2.48. The van der Waals surface area contributed by atoms with Crippen LogP contribution in [0.15, 0.2) is 57.0 Å². The predicted octanol–water partition coefficient (Wildman–Crippen LogP) is 3.47. The average molecular weight is 440 g/mol. The van der Waals surface area contributed by atoms with Crippen LogP contribution in [0.5, 0.6) is 0 Å². The van der Waals surface area contributed by atoms with Gasteiger partial charge in [0.25, 0.3) is 5.56 Å². The van der Waals surface area contributed by atoms with E-state index in [2.05, 4.69) is 4.99 Å². The summed E-state index contributed by atoms with van der Waals surface area (Å²) in [6.45, 7) is 0. The summed E-state index contributed by atoms with van der Waals surface area (Å²) in [5.41, 5.74) is 1.70. The zero-order valence-corrected chi connectivity index (χ0v) is 17.5. The van der Waals surface area contributed by atoms with Crippen molar-refractivity contribution in [2.45, 2.75) is 5.92 Å². The van der Waals surface area contributed by atoms with E-state index < -0.39 is 23.1 Å². The van der Waals surface area contributed by atoms with Gasteiger partial charge >= 0.3 is 5.69 Å². The quantitative estimate of drug-likeness (QED) is 0.582. The third-order valence-electron chi connectivity index (χ3n) is 5.88. The number of aliphatic imine (C=N–C) groups is 1. The minimum Gasteiger partial charge on any atom is -0.293 e. The van der Waals surface area contributed by atoms with Crippen LogP contribution >= 0.6 is 23.2 Å². The predicted molar refractivity (Wildman–Crippen MR) is 116 cm³/mol. The molecule has 0 spiro atoms. The SMILES string of the molecule is Cn1c2c(c(=O)n(C)c1=O)[C@@H](c1ccc(Cl)cc1Cl)[C@@H]1C(=O)c3ccccc3C1=N2. The van der Waals surface area contributed by atoms with E-state index in [1.807, 2.05) is 12.1 Å². The molecule has 5 rings (SSSR count). The van der Waals surface area contributed by atoms with Gasteiger partial charge in [-0.3, -0.25) is 18.7 Å². The number of Topliss-reactive ketones (excluding diaryl/α,β-unsaturated/α-hetero) is 1. The van der Waals surface area contributed by atoms with Gasteiger partial charge in [0.1, 0.15) is 5.82 Å². The minimum atomic E-state index is -0.709. The molecule has 0 saturated carbocycles. The van der Waals surface area contributed by atoms with Crippen molar-refractivity contribution in [2.75, 3.05) is 0 Å². The van der Waals surface area contributed by atoms with Gasteiger partial charge in [-0.1, -0.05) is 53.5 Å². The molecular formula is C22H15Cl2N3O3. The summed E-state index contributed by atoms with van der Waals surface area (Å²) < 4.78 is 2.37. The molecule has 8 heteroatoms. The van der Waals surface area contributed by atoms with Crippen molar-refractivity contribution in [3.05, 3.63) is 95.6 Å². The smallest absolute Gasteiger partial charge is 0.293 e. The highest BCUT2D eigenvalue weighted by molar-refractivity contribution is 6.35. The largest absolute Gasteiger partial charge is 0.332 e. The Kier molecular flexibility index (Phi) is 4.14. The molecule has 3 aromatic rings. The number of benzene rings is 2. The van der Waals surface area contributed by atoms with Crippen LogP contribution < -0.4 is 11.2 Å². The minimum absolute atomic E-state index is 0.123. The van der Waals surface area contributed by atoms with Crippen molar-refractivity contribution < 1.29 is 4.79 Å². The fraction of sp³-hybridized carbons (Fsp3) is 0.182. The Morgan fingerprint density at radius 3 is 2.30 bits per heavy atom. The fourth-order valence-electron chi connectivity index (χ4n) is 4.46. The lowest BCUT2D eigenvalue weighted by Crippen LogP contribution is -2.43. The molecule has 150 valence electrons. The molecule has 0 N–H and O–H groups in total. The Labute approximate surface area is 181 Å². The monoisotopic (exact) mass is 439 g/mol. The highest BCUT2D eigenvalue weighted by Crippen LogP contribution is 2.48. The topological polar surface area (TPSA) is 73.4 Å². The standard InChI is InChI=1S/C22H15Cl2N3O3/c1-26-20-17(21(29)27(2)22(26)30)15(13-8-7-10(23)9-14(13)24)16-18(25-20)11-5-3-4-6-12(11)19(16)28/h3-9,15-16H,1-2H3/t15-,16-/m0/s1. The van der Waals surface area contributed by atoms with Gasteiger partial charge in [0.05, 0.1) is 17.2 Å². The second kappa shape index (κ2) is 6.52. The van der Waals surface area contributed by atoms with Gasteiger partial charge in [-0.2, -0.15) is 0 Å². The van der Waals surface area contributed by atoms with Crippen molar-refractivity contribution in [1.82, 2.24) is 9.13 Å². The third kappa shape index (κ3) is 2.44. The number of carbonyl (C=O) groups is 1. The van der Waals surface area contributed by atoms with Gasteiger partial charge in [0, 0.05) is 41.2 Å². The van der Waals surface area contributed by atoms with Crippen LogP contribution in [0.3, 0.4) is 0 Å². The molecule has 0 fully saturated rings. The van der Waals surface area contributed by atoms with E-state index in [0.717, 1.165) is 4.57 Å². The molecule has 30 heavy (non-hydrogen) atoms. The first-order valence-electron chi connectivity index (χ1n) is 9.28. The second-order valence-electron chi connectivity index (χ2n) is 7.47. The zero-order chi connectivity index (χ0) is 21.3. The van der Waals surface area contributed by atoms with E-state index in [4.69, 9.17) is 23.2 Å². The summed E-state index contributed by atoms with van der Waals surface area (Å²) >= 11 is 12.6. The van der Waals surface area contributed by atoms with Crippen molar-refractivity contribution in [1.29, 1.82) is 0 Å². The van der Waals surface area contributed by atoms with Crippen molar-refractivity contribution in [2.24, 2.45) is 25.0 Å². The summed E-state index contributed by atoms with van der Waals surface area (Å²) in [5.74, 6) is -1.28. The number of hydrogen-bond donors (Lipinski definition) is 0. The number of rotatable bonds is 1. The van der Waals surface area contributed by atoms with E-state index in [0.29, 0.717) is 32.4 Å². The van der Waals surface area contributed by atoms with Crippen LogP contribution in [0.25, 0.3) is 0 Å². The maximum absolute atomic E-state index is 13.4. The van der Waals surface area contributed by atoms with E-state index >= 15 is 0 Å². The molecule has 1 aromatic heterocycles. The van der Waals surface area contributed by atoms with E-state index in [1.54, 1.807) is 37.4 Å². The molecule has 0 amide bonds. The Balaban J connectivity index is 1.92. The van der Waals surface area contributed by atoms with Gasteiger partial charge in [0.15, 0.2) is 5.78 Å². The van der Waals surface area contributed by atoms with Gasteiger partial charge in [-0.05, 0) is 17.7 Å². The maximum Gasteiger partial charge on any atom is 0.332 e. The highest BCUT2D eigenvalue weighted by atomic mass is 35.5. The molecule has 1 aliphatic heterocycles. The first-order chi connectivity index (χ1) is 14.3. The molecule has 0 unspecified atom stereocenters. The summed E-state index contributed by atoms with van der Waals surface area (Å²) in [6, 6.07) is 12.2. The molecular weight excluding hydrogens is 425 g/mol. The number of fused-ring (bicyclic) bond motifs is 4. The number of aromatic nitrogens is 2. The Morgan fingerprint density at radius 2 is 1.60 bits per heavy atom. The summed E-state index contributed by atoms with van der Waals surface area (Å²) in [4.78, 5) is 43.9. The van der Waals surface area contributed by atoms with Crippen molar-refractivity contribution in [3.63, 3.8) is 0 Å². The Hall–Kier alpha value is -2.96. The summed E-state index contributed by atoms with van der Waals surface area (Å²) in [7, 11) is 2.98. The van der Waals surface area contributed by atoms with Crippen LogP contribution in [0.2, 0.25) is 10.0 Å². The van der Waals surface area contributed by atoms with E-state index in [9.17, 15) is 14.4 Å². The normalized spacial score (nSPS) is 19.2. The van der Waals surface area contributed by atoms with Gasteiger partial charge in [-0.15, -0.1) is 0 Å². The molecule has 2 aromatic carbocycles. The number of hydrogen-bond acceptors (Lipinski definition) is 4. The maximum atomic E-state index is 13.4. The molecule has 2 atom stereocenters. The average Bonchev–Trinajstić information content (AvgIpc) is 3.02. The number of halogens is 2. The summed E-state index contributed by atoms with van der Waals surface area (Å²) in [5, 5.41) is 0.794. The van der Waals surface area contributed by atoms with Crippen LogP contribution in [0.1, 0.15) is 33.0 Å². The first-order valence-corrected chi connectivity index (χ1v) is 10.0. The lowest BCUT2D eigenvalue weighted by atomic mass is 9.76. The van der Waals surface area contributed by atoms with Gasteiger partial charge < -0.3 is 0 Å². The molecule has 0 saturated heterocycles. The van der Waals surface area contributed by atoms with Crippen molar-refractivity contribution in [3.8, 4) is 0 Å². The Bertz CT molecular complexity index is 1420. The molecule has 0 radical (unpaired) electrons.